The lowest BCUT2D eigenvalue weighted by molar-refractivity contribution is -0.140. The molecule has 0 aliphatic heterocycles. The molecule has 1 aromatic heterocycles. The van der Waals surface area contributed by atoms with Gasteiger partial charge in [-0.2, -0.15) is 0 Å². The van der Waals surface area contributed by atoms with Crippen LogP contribution in [0.15, 0.2) is 37.5 Å². The van der Waals surface area contributed by atoms with Crippen molar-refractivity contribution in [3.63, 3.8) is 0 Å². The summed E-state index contributed by atoms with van der Waals surface area (Å²) in [6.45, 7) is 9.24. The minimum atomic E-state index is -0.542. The van der Waals surface area contributed by atoms with Gasteiger partial charge in [-0.1, -0.05) is 25.9 Å². The van der Waals surface area contributed by atoms with Gasteiger partial charge < -0.3 is 9.25 Å². The minimum Gasteiger partial charge on any atom is -0.421 e. The highest BCUT2D eigenvalue weighted by molar-refractivity contribution is 7.98. The first-order chi connectivity index (χ1) is 11.1. The molecule has 0 amide bonds. The Kier molecular flexibility index (Phi) is 5.18. The number of nitrogens with zero attached hydrogens (tertiary/aromatic N) is 1. The first-order valence-electron chi connectivity index (χ1n) is 7.52. The van der Waals surface area contributed by atoms with Crippen LogP contribution in [0.4, 0.5) is 0 Å². The number of hydrogen-bond donors (Lipinski definition) is 0. The maximum Gasteiger partial charge on any atom is 0.345 e. The predicted molar refractivity (Wildman–Crippen MR) is 96.9 cm³/mol. The van der Waals surface area contributed by atoms with Crippen LogP contribution in [-0.2, 0) is 15.0 Å². The topological polar surface area (TPSA) is 68.9 Å². The number of carbonyl (C=O) groups is 1. The molecule has 0 aliphatic rings. The molecule has 6 heteroatoms. The van der Waals surface area contributed by atoms with Crippen LogP contribution in [-0.4, -0.2) is 17.9 Å². The lowest BCUT2D eigenvalue weighted by Crippen LogP contribution is -2.14. The zero-order chi connectivity index (χ0) is 18.1. The Balaban J connectivity index is 2.70. The fraction of sp³-hybridized carbons (Fsp3) is 0.389. The van der Waals surface area contributed by atoms with E-state index in [4.69, 9.17) is 4.42 Å². The van der Waals surface area contributed by atoms with Crippen LogP contribution in [0.5, 0.6) is 0 Å². The van der Waals surface area contributed by atoms with Crippen LogP contribution < -0.4 is 5.63 Å². The molecule has 1 heterocycles. The Hall–Kier alpha value is -2.08. The van der Waals surface area contributed by atoms with Gasteiger partial charge in [-0.3, -0.25) is 0 Å². The lowest BCUT2D eigenvalue weighted by Gasteiger charge is -2.20. The van der Waals surface area contributed by atoms with Gasteiger partial charge in [-0.25, -0.2) is 9.59 Å². The van der Waals surface area contributed by atoms with E-state index in [1.54, 1.807) is 13.0 Å². The summed E-state index contributed by atoms with van der Waals surface area (Å²) in [5.74, 6) is -0.542. The van der Waals surface area contributed by atoms with Crippen molar-refractivity contribution in [3.8, 4) is 0 Å². The van der Waals surface area contributed by atoms with Crippen molar-refractivity contribution in [3.05, 3.63) is 39.7 Å². The van der Waals surface area contributed by atoms with Gasteiger partial charge in [0.2, 0.25) is 0 Å². The van der Waals surface area contributed by atoms with E-state index in [0.717, 1.165) is 15.8 Å². The first kappa shape index (κ1) is 18.3. The number of hydrogen-bond acceptors (Lipinski definition) is 6. The second kappa shape index (κ2) is 6.81. The Bertz CT molecular complexity index is 875. The van der Waals surface area contributed by atoms with Crippen molar-refractivity contribution in [2.75, 3.05) is 6.26 Å². The smallest absolute Gasteiger partial charge is 0.345 e. The third-order valence-corrected chi connectivity index (χ3v) is 4.33. The molecule has 0 fully saturated rings. The third kappa shape index (κ3) is 3.87. The van der Waals surface area contributed by atoms with Gasteiger partial charge >= 0.3 is 11.6 Å². The molecule has 0 aliphatic carbocycles. The molecule has 0 bridgehead atoms. The Morgan fingerprint density at radius 3 is 2.42 bits per heavy atom. The van der Waals surface area contributed by atoms with Crippen molar-refractivity contribution >= 4 is 34.4 Å². The number of benzene rings is 1. The van der Waals surface area contributed by atoms with Crippen LogP contribution >= 0.6 is 11.8 Å². The molecule has 0 atom stereocenters. The second-order valence-electron chi connectivity index (χ2n) is 6.55. The maximum absolute atomic E-state index is 12.3. The molecule has 2 aromatic rings. The van der Waals surface area contributed by atoms with Crippen molar-refractivity contribution in [2.24, 2.45) is 5.16 Å². The number of rotatable bonds is 3. The largest absolute Gasteiger partial charge is 0.421 e. The number of fused-ring (bicyclic) bond motifs is 1. The highest BCUT2D eigenvalue weighted by Gasteiger charge is 2.18. The summed E-state index contributed by atoms with van der Waals surface area (Å²) in [4.78, 5) is 28.7. The molecular formula is C18H21NO4S. The van der Waals surface area contributed by atoms with Gasteiger partial charge in [0.1, 0.15) is 0 Å². The van der Waals surface area contributed by atoms with Crippen molar-refractivity contribution in [2.45, 2.75) is 44.9 Å². The summed E-state index contributed by atoms with van der Waals surface area (Å²) >= 11 is 1.53. The van der Waals surface area contributed by atoms with E-state index in [1.807, 2.05) is 12.3 Å². The van der Waals surface area contributed by atoms with Crippen molar-refractivity contribution < 1.29 is 14.0 Å². The summed E-state index contributed by atoms with van der Waals surface area (Å²) in [5, 5.41) is 4.50. The molecule has 0 unspecified atom stereocenters. The van der Waals surface area contributed by atoms with E-state index >= 15 is 0 Å². The summed E-state index contributed by atoms with van der Waals surface area (Å²) in [5.41, 5.74) is 1.75. The number of oxime groups is 1. The van der Waals surface area contributed by atoms with Crippen LogP contribution in [0.3, 0.4) is 0 Å². The molecule has 2 rings (SSSR count). The average molecular weight is 347 g/mol. The fourth-order valence-corrected chi connectivity index (χ4v) is 2.81. The van der Waals surface area contributed by atoms with Crippen molar-refractivity contribution in [1.82, 2.24) is 0 Å². The second-order valence-corrected chi connectivity index (χ2v) is 7.40. The molecule has 0 spiro atoms. The van der Waals surface area contributed by atoms with Crippen LogP contribution in [0.25, 0.3) is 11.0 Å². The molecule has 128 valence electrons. The van der Waals surface area contributed by atoms with E-state index in [0.29, 0.717) is 11.3 Å². The zero-order valence-electron chi connectivity index (χ0n) is 14.7. The summed E-state index contributed by atoms with van der Waals surface area (Å²) in [6, 6.07) is 5.80. The highest BCUT2D eigenvalue weighted by Crippen LogP contribution is 2.33. The Morgan fingerprint density at radius 2 is 1.88 bits per heavy atom. The Morgan fingerprint density at radius 1 is 1.21 bits per heavy atom. The number of thioether (sulfide) groups is 1. The fourth-order valence-electron chi connectivity index (χ4n) is 2.22. The quantitative estimate of drug-likeness (QED) is 0.275. The monoisotopic (exact) mass is 347 g/mol. The van der Waals surface area contributed by atoms with E-state index in [1.165, 1.54) is 18.7 Å². The lowest BCUT2D eigenvalue weighted by atomic mass is 9.86. The number of carbonyl (C=O) groups excluding carboxylic acids is 1. The van der Waals surface area contributed by atoms with Gasteiger partial charge in [-0.15, -0.1) is 11.8 Å². The van der Waals surface area contributed by atoms with Gasteiger partial charge in [0.25, 0.3) is 0 Å². The standard InChI is InChI=1S/C18H21NO4S/c1-10(19-23-11(2)20)14-8-12-7-13(18(3,4)5)9-15(24-6)16(12)22-17(14)21/h7-9H,1-6H3/b19-10+. The van der Waals surface area contributed by atoms with Gasteiger partial charge in [-0.05, 0) is 42.4 Å². The van der Waals surface area contributed by atoms with E-state index < -0.39 is 11.6 Å². The average Bonchev–Trinajstić information content (AvgIpc) is 2.50. The van der Waals surface area contributed by atoms with E-state index in [-0.39, 0.29) is 11.0 Å². The van der Waals surface area contributed by atoms with Crippen molar-refractivity contribution in [1.29, 1.82) is 0 Å². The summed E-state index contributed by atoms with van der Waals surface area (Å²) < 4.78 is 5.51. The van der Waals surface area contributed by atoms with E-state index in [9.17, 15) is 9.59 Å². The molecule has 0 N–H and O–H groups in total. The molecule has 24 heavy (non-hydrogen) atoms. The third-order valence-electron chi connectivity index (χ3n) is 3.58. The van der Waals surface area contributed by atoms with Crippen LogP contribution in [0.1, 0.15) is 45.7 Å². The molecule has 0 radical (unpaired) electrons. The van der Waals surface area contributed by atoms with E-state index in [2.05, 4.69) is 36.8 Å². The molecule has 0 saturated heterocycles. The summed E-state index contributed by atoms with van der Waals surface area (Å²) in [7, 11) is 0. The van der Waals surface area contributed by atoms with Gasteiger partial charge in [0.15, 0.2) is 5.58 Å². The molecule has 1 aromatic carbocycles. The Labute approximate surface area is 145 Å². The van der Waals surface area contributed by atoms with Gasteiger partial charge in [0.05, 0.1) is 16.2 Å². The molecule has 0 saturated carbocycles. The van der Waals surface area contributed by atoms with Gasteiger partial charge in [0, 0.05) is 12.3 Å². The predicted octanol–water partition coefficient (Wildman–Crippen LogP) is 4.10. The molecule has 5 nitrogen and oxygen atoms in total. The minimum absolute atomic E-state index is 0.0319. The van der Waals surface area contributed by atoms with Crippen LogP contribution in [0.2, 0.25) is 0 Å². The van der Waals surface area contributed by atoms with Crippen LogP contribution in [0, 0.1) is 0 Å². The highest BCUT2D eigenvalue weighted by atomic mass is 32.2. The summed E-state index contributed by atoms with van der Waals surface area (Å²) in [6.07, 6.45) is 1.95. The molecular weight excluding hydrogens is 326 g/mol. The maximum atomic E-state index is 12.3. The SMILES string of the molecule is CSc1cc(C(C)(C)C)cc2cc(/C(C)=N/OC(C)=O)c(=O)oc12. The zero-order valence-corrected chi connectivity index (χ0v) is 15.5. The normalized spacial score (nSPS) is 12.5. The first-order valence-corrected chi connectivity index (χ1v) is 8.75.